The largest absolute Gasteiger partial charge is 0.283 e. The summed E-state index contributed by atoms with van der Waals surface area (Å²) in [6, 6.07) is 9.43. The summed E-state index contributed by atoms with van der Waals surface area (Å²) in [5.74, 6) is 7.39. The van der Waals surface area contributed by atoms with E-state index >= 15 is 0 Å². The Morgan fingerprint density at radius 3 is 2.33 bits per heavy atom. The predicted molar refractivity (Wildman–Crippen MR) is 50.5 cm³/mol. The first-order chi connectivity index (χ1) is 5.38. The van der Waals surface area contributed by atoms with Gasteiger partial charge in [0, 0.05) is 0 Å². The highest BCUT2D eigenvalue weighted by Crippen LogP contribution is 2.12. The second kappa shape index (κ2) is 5.62. The van der Waals surface area contributed by atoms with Crippen molar-refractivity contribution in [3.05, 3.63) is 35.9 Å². The molecule has 0 heterocycles. The molecule has 1 rings (SSSR count). The van der Waals surface area contributed by atoms with Gasteiger partial charge in [-0.15, -0.1) is 18.8 Å². The number of hydrogen-bond donors (Lipinski definition) is 1. The van der Waals surface area contributed by atoms with E-state index in [1.54, 1.807) is 0 Å². The highest BCUT2D eigenvalue weighted by atomic mass is 35.5. The van der Waals surface area contributed by atoms with Crippen LogP contribution in [0.5, 0.6) is 0 Å². The molecule has 0 saturated heterocycles. The zero-order chi connectivity index (χ0) is 8.10. The van der Waals surface area contributed by atoms with Crippen molar-refractivity contribution in [3.63, 3.8) is 0 Å². The maximum absolute atomic E-state index is 5.16. The van der Waals surface area contributed by atoms with E-state index in [1.165, 1.54) is 0 Å². The van der Waals surface area contributed by atoms with Crippen LogP contribution in [-0.4, -0.2) is 0 Å². The van der Waals surface area contributed by atoms with Crippen LogP contribution in [0.3, 0.4) is 0 Å². The maximum Gasteiger partial charge on any atom is 0.164 e. The normalized spacial score (nSPS) is 11.0. The third-order valence-electron chi connectivity index (χ3n) is 1.39. The number of hydrogen-bond acceptors (Lipinski definition) is 2. The minimum Gasteiger partial charge on any atom is -0.283 e. The standard InChI is InChI=1S/C9H9NO.ClH/c1-2-9(11-10)8-6-4-3-5-7-8;/h1,3-7,9H,10H2;1H/t9-;/m1./s1. The smallest absolute Gasteiger partial charge is 0.164 e. The lowest BCUT2D eigenvalue weighted by molar-refractivity contribution is 0.0935. The molecule has 2 nitrogen and oxygen atoms in total. The summed E-state index contributed by atoms with van der Waals surface area (Å²) in [5.41, 5.74) is 0.900. The van der Waals surface area contributed by atoms with E-state index < -0.39 is 6.10 Å². The molecule has 1 aromatic rings. The molecule has 12 heavy (non-hydrogen) atoms. The number of rotatable bonds is 2. The first-order valence-electron chi connectivity index (χ1n) is 3.25. The van der Waals surface area contributed by atoms with E-state index in [2.05, 4.69) is 10.8 Å². The lowest BCUT2D eigenvalue weighted by Crippen LogP contribution is -2.06. The van der Waals surface area contributed by atoms with Crippen molar-refractivity contribution in [1.82, 2.24) is 0 Å². The third-order valence-corrected chi connectivity index (χ3v) is 1.39. The molecule has 3 heteroatoms. The topological polar surface area (TPSA) is 35.2 Å². The Balaban J connectivity index is 0.00000121. The van der Waals surface area contributed by atoms with Gasteiger partial charge in [-0.25, -0.2) is 5.90 Å². The van der Waals surface area contributed by atoms with Crippen LogP contribution < -0.4 is 5.90 Å². The molecule has 0 aliphatic rings. The molecule has 1 atom stereocenters. The Morgan fingerprint density at radius 2 is 1.92 bits per heavy atom. The lowest BCUT2D eigenvalue weighted by atomic mass is 10.1. The molecule has 0 aliphatic carbocycles. The van der Waals surface area contributed by atoms with Crippen molar-refractivity contribution >= 4 is 12.4 Å². The van der Waals surface area contributed by atoms with E-state index in [0.29, 0.717) is 0 Å². The molecule has 0 spiro atoms. The van der Waals surface area contributed by atoms with Gasteiger partial charge in [0.25, 0.3) is 0 Å². The van der Waals surface area contributed by atoms with Crippen molar-refractivity contribution in [3.8, 4) is 12.3 Å². The summed E-state index contributed by atoms with van der Waals surface area (Å²) >= 11 is 0. The van der Waals surface area contributed by atoms with Crippen LogP contribution in [0.25, 0.3) is 0 Å². The zero-order valence-electron chi connectivity index (χ0n) is 6.44. The van der Waals surface area contributed by atoms with Crippen LogP contribution in [0.4, 0.5) is 0 Å². The Morgan fingerprint density at radius 1 is 1.33 bits per heavy atom. The summed E-state index contributed by atoms with van der Waals surface area (Å²) in [5, 5.41) is 0. The van der Waals surface area contributed by atoms with Crippen molar-refractivity contribution in [2.45, 2.75) is 6.10 Å². The summed E-state index contributed by atoms with van der Waals surface area (Å²) in [7, 11) is 0. The molecule has 0 amide bonds. The number of halogens is 1. The van der Waals surface area contributed by atoms with Crippen molar-refractivity contribution < 1.29 is 4.84 Å². The molecule has 0 bridgehead atoms. The van der Waals surface area contributed by atoms with E-state index in [-0.39, 0.29) is 12.4 Å². The van der Waals surface area contributed by atoms with E-state index in [0.717, 1.165) is 5.56 Å². The first-order valence-corrected chi connectivity index (χ1v) is 3.25. The SMILES string of the molecule is C#C[C@@H](ON)c1ccccc1.Cl. The maximum atomic E-state index is 5.16. The fourth-order valence-corrected chi connectivity index (χ4v) is 0.842. The van der Waals surface area contributed by atoms with Crippen LogP contribution in [-0.2, 0) is 4.84 Å². The second-order valence-electron chi connectivity index (χ2n) is 2.09. The molecule has 64 valence electrons. The Hall–Kier alpha value is -1.01. The van der Waals surface area contributed by atoms with Crippen molar-refractivity contribution in [1.29, 1.82) is 0 Å². The van der Waals surface area contributed by atoms with E-state index in [9.17, 15) is 0 Å². The van der Waals surface area contributed by atoms with Crippen LogP contribution >= 0.6 is 12.4 Å². The highest BCUT2D eigenvalue weighted by Gasteiger charge is 2.04. The van der Waals surface area contributed by atoms with Crippen LogP contribution in [0.15, 0.2) is 30.3 Å². The number of terminal acetylenes is 1. The van der Waals surface area contributed by atoms with Gasteiger partial charge in [-0.2, -0.15) is 0 Å². The third kappa shape index (κ3) is 2.55. The molecule has 0 saturated carbocycles. The molecular formula is C9H10ClNO. The van der Waals surface area contributed by atoms with Gasteiger partial charge in [0.2, 0.25) is 0 Å². The van der Waals surface area contributed by atoms with E-state index in [1.807, 2.05) is 30.3 Å². The number of nitrogens with two attached hydrogens (primary N) is 1. The Labute approximate surface area is 78.1 Å². The van der Waals surface area contributed by atoms with Gasteiger partial charge < -0.3 is 0 Å². The average molecular weight is 184 g/mol. The molecule has 0 aliphatic heterocycles. The fraction of sp³-hybridized carbons (Fsp3) is 0.111. The molecule has 0 radical (unpaired) electrons. The average Bonchev–Trinajstić information content (AvgIpc) is 2.09. The number of benzene rings is 1. The molecule has 2 N–H and O–H groups in total. The summed E-state index contributed by atoms with van der Waals surface area (Å²) < 4.78 is 0. The van der Waals surface area contributed by atoms with Crippen molar-refractivity contribution in [2.24, 2.45) is 5.90 Å². The Bertz CT molecular complexity index is 255. The van der Waals surface area contributed by atoms with Gasteiger partial charge in [-0.05, 0) is 5.56 Å². The first kappa shape index (κ1) is 11.0. The quantitative estimate of drug-likeness (QED) is 0.559. The molecule has 0 unspecified atom stereocenters. The fourth-order valence-electron chi connectivity index (χ4n) is 0.842. The van der Waals surface area contributed by atoms with E-state index in [4.69, 9.17) is 12.3 Å². The summed E-state index contributed by atoms with van der Waals surface area (Å²) in [4.78, 5) is 4.55. The molecule has 1 aromatic carbocycles. The van der Waals surface area contributed by atoms with Gasteiger partial charge >= 0.3 is 0 Å². The minimum atomic E-state index is -0.434. The molecular weight excluding hydrogens is 174 g/mol. The van der Waals surface area contributed by atoms with Gasteiger partial charge in [0.1, 0.15) is 0 Å². The lowest BCUT2D eigenvalue weighted by Gasteiger charge is -2.06. The minimum absolute atomic E-state index is 0. The van der Waals surface area contributed by atoms with Crippen LogP contribution in [0.2, 0.25) is 0 Å². The summed E-state index contributed by atoms with van der Waals surface area (Å²) in [6.45, 7) is 0. The highest BCUT2D eigenvalue weighted by molar-refractivity contribution is 5.85. The zero-order valence-corrected chi connectivity index (χ0v) is 7.25. The monoisotopic (exact) mass is 183 g/mol. The van der Waals surface area contributed by atoms with Crippen LogP contribution in [0, 0.1) is 12.3 Å². The van der Waals surface area contributed by atoms with Crippen molar-refractivity contribution in [2.75, 3.05) is 0 Å². The van der Waals surface area contributed by atoms with Crippen LogP contribution in [0.1, 0.15) is 11.7 Å². The molecule has 0 fully saturated rings. The van der Waals surface area contributed by atoms with Gasteiger partial charge in [-0.1, -0.05) is 36.3 Å². The molecule has 0 aromatic heterocycles. The van der Waals surface area contributed by atoms with Gasteiger partial charge in [0.15, 0.2) is 6.10 Å². The van der Waals surface area contributed by atoms with Gasteiger partial charge in [0.05, 0.1) is 0 Å². The summed E-state index contributed by atoms with van der Waals surface area (Å²) in [6.07, 6.45) is 4.73. The van der Waals surface area contributed by atoms with Gasteiger partial charge in [-0.3, -0.25) is 4.84 Å². The second-order valence-corrected chi connectivity index (χ2v) is 2.09. The Kier molecular flexibility index (Phi) is 5.14. The predicted octanol–water partition coefficient (Wildman–Crippen LogP) is 1.67.